The van der Waals surface area contributed by atoms with Gasteiger partial charge in [-0.05, 0) is 71.6 Å². The summed E-state index contributed by atoms with van der Waals surface area (Å²) in [4.78, 5) is 36.4. The quantitative estimate of drug-likeness (QED) is 0.304. The molecule has 1 N–H and O–H groups in total. The van der Waals surface area contributed by atoms with Gasteiger partial charge in [0, 0.05) is 19.4 Å². The molecule has 7 heteroatoms. The van der Waals surface area contributed by atoms with Crippen LogP contribution in [0.1, 0.15) is 79.6 Å². The molecule has 2 rings (SSSR count). The lowest BCUT2D eigenvalue weighted by molar-refractivity contribution is -0.180. The van der Waals surface area contributed by atoms with Crippen molar-refractivity contribution >= 4 is 17.9 Å². The number of hydrogen-bond acceptors (Lipinski definition) is 7. The minimum Gasteiger partial charge on any atom is -0.459 e. The Morgan fingerprint density at radius 3 is 2.35 bits per heavy atom. The van der Waals surface area contributed by atoms with Crippen molar-refractivity contribution in [1.82, 2.24) is 0 Å². The van der Waals surface area contributed by atoms with Crippen molar-refractivity contribution in [3.8, 4) is 0 Å². The fourth-order valence-corrected chi connectivity index (χ4v) is 4.43. The average Bonchev–Trinajstić information content (AvgIpc) is 2.75. The number of allylic oxidation sites excluding steroid dienone is 2. The molecule has 2 bridgehead atoms. The molecule has 0 saturated carbocycles. The molecule has 1 aliphatic carbocycles. The normalized spacial score (nSPS) is 37.0. The minimum absolute atomic E-state index is 0.261. The monoisotopic (exact) mass is 436 g/mol. The van der Waals surface area contributed by atoms with Crippen LogP contribution in [-0.4, -0.2) is 46.4 Å². The van der Waals surface area contributed by atoms with E-state index in [9.17, 15) is 19.5 Å². The third kappa shape index (κ3) is 6.66. The maximum absolute atomic E-state index is 12.9. The summed E-state index contributed by atoms with van der Waals surface area (Å²) in [7, 11) is 0. The van der Waals surface area contributed by atoms with E-state index < -0.39 is 41.3 Å². The Morgan fingerprint density at radius 2 is 1.74 bits per heavy atom. The lowest BCUT2D eigenvalue weighted by Gasteiger charge is -2.36. The van der Waals surface area contributed by atoms with Crippen molar-refractivity contribution in [3.63, 3.8) is 0 Å². The number of rotatable bonds is 2. The van der Waals surface area contributed by atoms with E-state index in [-0.39, 0.29) is 17.9 Å². The van der Waals surface area contributed by atoms with Crippen LogP contribution in [0, 0.1) is 5.92 Å². The first-order valence-electron chi connectivity index (χ1n) is 11.0. The fourth-order valence-electron chi connectivity index (χ4n) is 4.43. The summed E-state index contributed by atoms with van der Waals surface area (Å²) in [6.45, 7) is 12.0. The van der Waals surface area contributed by atoms with Gasteiger partial charge in [-0.1, -0.05) is 18.2 Å². The topological polar surface area (TPSA) is 99.1 Å². The second kappa shape index (κ2) is 9.98. The SMILES string of the molecule is C=C1C(=O)OC2(C)CCC1CC(OC(C)=O)C(C)(O)CC/C=C(\C)CCC2OC(C)=O. The first-order chi connectivity index (χ1) is 14.3. The molecule has 5 unspecified atom stereocenters. The Bertz CT molecular complexity index is 751. The van der Waals surface area contributed by atoms with Crippen LogP contribution in [-0.2, 0) is 28.6 Å². The standard InChI is InChI=1S/C24H36O7/c1-15-8-7-12-23(5,28)21(30-18(4)26)14-19-11-13-24(6,31-22(27)16(19)2)20(10-9-15)29-17(3)25/h8,19-21,28H,2,7,9-14H2,1,3-6H3/b15-8+. The van der Waals surface area contributed by atoms with E-state index in [0.717, 1.165) is 5.57 Å². The number of esters is 3. The zero-order chi connectivity index (χ0) is 23.4. The zero-order valence-corrected chi connectivity index (χ0v) is 19.4. The van der Waals surface area contributed by atoms with Gasteiger partial charge >= 0.3 is 17.9 Å². The van der Waals surface area contributed by atoms with Crippen LogP contribution in [0.3, 0.4) is 0 Å². The number of carbonyl (C=O) groups excluding carboxylic acids is 3. The number of aliphatic hydroxyl groups is 1. The Kier molecular flexibility index (Phi) is 8.09. The summed E-state index contributed by atoms with van der Waals surface area (Å²) in [5, 5.41) is 11.1. The van der Waals surface area contributed by atoms with E-state index in [1.807, 2.05) is 13.0 Å². The molecule has 1 saturated heterocycles. The lowest BCUT2D eigenvalue weighted by Crippen LogP contribution is -2.45. The summed E-state index contributed by atoms with van der Waals surface area (Å²) in [5.74, 6) is -1.79. The molecule has 0 aromatic carbocycles. The third-order valence-corrected chi connectivity index (χ3v) is 6.50. The Morgan fingerprint density at radius 1 is 1.13 bits per heavy atom. The van der Waals surface area contributed by atoms with Crippen molar-refractivity contribution in [3.05, 3.63) is 23.8 Å². The van der Waals surface area contributed by atoms with Gasteiger partial charge in [-0.25, -0.2) is 4.79 Å². The van der Waals surface area contributed by atoms with Crippen LogP contribution in [0.4, 0.5) is 0 Å². The van der Waals surface area contributed by atoms with Crippen LogP contribution in [0.5, 0.6) is 0 Å². The molecule has 1 aliphatic heterocycles. The molecule has 0 aromatic heterocycles. The summed E-state index contributed by atoms with van der Waals surface area (Å²) >= 11 is 0. The molecule has 0 amide bonds. The van der Waals surface area contributed by atoms with E-state index >= 15 is 0 Å². The average molecular weight is 437 g/mol. The molecule has 1 fully saturated rings. The molecule has 7 nitrogen and oxygen atoms in total. The van der Waals surface area contributed by atoms with Gasteiger partial charge in [0.25, 0.3) is 0 Å². The van der Waals surface area contributed by atoms with Crippen LogP contribution in [0.15, 0.2) is 23.8 Å². The van der Waals surface area contributed by atoms with Gasteiger partial charge in [0.05, 0.1) is 5.60 Å². The number of ether oxygens (including phenoxy) is 3. The highest BCUT2D eigenvalue weighted by atomic mass is 16.6. The fraction of sp³-hybridized carbons (Fsp3) is 0.708. The van der Waals surface area contributed by atoms with Gasteiger partial charge in [-0.2, -0.15) is 0 Å². The van der Waals surface area contributed by atoms with E-state index in [1.165, 1.54) is 13.8 Å². The highest BCUT2D eigenvalue weighted by molar-refractivity contribution is 5.89. The number of hydrogen-bond donors (Lipinski definition) is 1. The molecule has 1 heterocycles. The molecule has 5 atom stereocenters. The van der Waals surface area contributed by atoms with E-state index in [0.29, 0.717) is 38.5 Å². The van der Waals surface area contributed by atoms with Crippen molar-refractivity contribution in [2.75, 3.05) is 0 Å². The van der Waals surface area contributed by atoms with Gasteiger partial charge in [0.2, 0.25) is 0 Å². The highest BCUT2D eigenvalue weighted by Crippen LogP contribution is 2.39. The summed E-state index contributed by atoms with van der Waals surface area (Å²) in [5.41, 5.74) is -0.890. The van der Waals surface area contributed by atoms with Crippen molar-refractivity contribution in [1.29, 1.82) is 0 Å². The van der Waals surface area contributed by atoms with E-state index in [4.69, 9.17) is 14.2 Å². The molecule has 0 spiro atoms. The van der Waals surface area contributed by atoms with Crippen molar-refractivity contribution in [2.24, 2.45) is 5.92 Å². The molecule has 0 radical (unpaired) electrons. The number of fused-ring (bicyclic) bond motifs is 3. The molecule has 174 valence electrons. The second-order valence-electron chi connectivity index (χ2n) is 9.38. The summed E-state index contributed by atoms with van der Waals surface area (Å²) in [6.07, 6.45) is 4.10. The number of carbonyl (C=O) groups is 3. The predicted octanol–water partition coefficient (Wildman–Crippen LogP) is 3.78. The van der Waals surface area contributed by atoms with E-state index in [2.05, 4.69) is 6.58 Å². The third-order valence-electron chi connectivity index (χ3n) is 6.50. The lowest BCUT2D eigenvalue weighted by atomic mass is 9.80. The molecule has 0 aromatic rings. The first kappa shape index (κ1) is 25.1. The maximum Gasteiger partial charge on any atom is 0.334 e. The Balaban J connectivity index is 2.46. The Hall–Kier alpha value is -2.15. The molecule has 31 heavy (non-hydrogen) atoms. The first-order valence-corrected chi connectivity index (χ1v) is 11.0. The van der Waals surface area contributed by atoms with Crippen LogP contribution < -0.4 is 0 Å². The van der Waals surface area contributed by atoms with Crippen LogP contribution in [0.25, 0.3) is 0 Å². The van der Waals surface area contributed by atoms with Gasteiger partial charge in [-0.3, -0.25) is 9.59 Å². The molecular formula is C24H36O7. The van der Waals surface area contributed by atoms with Gasteiger partial charge < -0.3 is 19.3 Å². The van der Waals surface area contributed by atoms with Gasteiger partial charge in [0.1, 0.15) is 17.8 Å². The van der Waals surface area contributed by atoms with Crippen molar-refractivity contribution in [2.45, 2.75) is 103 Å². The van der Waals surface area contributed by atoms with E-state index in [1.54, 1.807) is 13.8 Å². The maximum atomic E-state index is 12.9. The molecular weight excluding hydrogens is 400 g/mol. The van der Waals surface area contributed by atoms with Crippen LogP contribution in [0.2, 0.25) is 0 Å². The minimum atomic E-state index is -1.26. The van der Waals surface area contributed by atoms with Gasteiger partial charge in [-0.15, -0.1) is 0 Å². The summed E-state index contributed by atoms with van der Waals surface area (Å²) in [6, 6.07) is 0. The second-order valence-corrected chi connectivity index (χ2v) is 9.38. The predicted molar refractivity (Wildman–Crippen MR) is 115 cm³/mol. The largest absolute Gasteiger partial charge is 0.459 e. The molecule has 2 aliphatic rings. The highest BCUT2D eigenvalue weighted by Gasteiger charge is 2.46. The van der Waals surface area contributed by atoms with Gasteiger partial charge in [0.15, 0.2) is 0 Å². The smallest absolute Gasteiger partial charge is 0.334 e. The Labute approximate surface area is 184 Å². The van der Waals surface area contributed by atoms with Crippen molar-refractivity contribution < 1.29 is 33.7 Å². The summed E-state index contributed by atoms with van der Waals surface area (Å²) < 4.78 is 16.9. The van der Waals surface area contributed by atoms with Crippen LogP contribution >= 0.6 is 0 Å². The zero-order valence-electron chi connectivity index (χ0n) is 19.4.